The summed E-state index contributed by atoms with van der Waals surface area (Å²) in [5, 5.41) is 10.6. The molecule has 24 heavy (non-hydrogen) atoms. The van der Waals surface area contributed by atoms with Gasteiger partial charge in [-0.25, -0.2) is 13.5 Å². The van der Waals surface area contributed by atoms with Gasteiger partial charge in [-0.15, -0.1) is 0 Å². The lowest BCUT2D eigenvalue weighted by atomic mass is 10.2. The first-order valence-corrected chi connectivity index (χ1v) is 8.14. The predicted octanol–water partition coefficient (Wildman–Crippen LogP) is 2.90. The summed E-state index contributed by atoms with van der Waals surface area (Å²) in [6.45, 7) is 0.137. The first-order chi connectivity index (χ1) is 11.5. The monoisotopic (exact) mass is 403 g/mol. The third-order valence-electron chi connectivity index (χ3n) is 3.60. The van der Waals surface area contributed by atoms with E-state index in [1.807, 2.05) is 0 Å². The zero-order valence-electron chi connectivity index (χ0n) is 12.9. The van der Waals surface area contributed by atoms with Crippen LogP contribution in [0.5, 0.6) is 0 Å². The highest BCUT2D eigenvalue weighted by Gasteiger charge is 2.34. The minimum absolute atomic E-state index is 0.132. The van der Waals surface area contributed by atoms with Crippen molar-refractivity contribution in [3.8, 4) is 0 Å². The Morgan fingerprint density at radius 1 is 1.54 bits per heavy atom. The first kappa shape index (κ1) is 17.0. The molecule has 1 N–H and O–H groups in total. The molecule has 0 unspecified atom stereocenters. The van der Waals surface area contributed by atoms with Gasteiger partial charge in [-0.3, -0.25) is 9.48 Å². The van der Waals surface area contributed by atoms with Crippen LogP contribution in [0, 0.1) is 0 Å². The molecule has 1 aliphatic carbocycles. The molecule has 10 heteroatoms. The number of aromatic nitrogens is 4. The number of halogens is 3. The molecule has 0 aromatic carbocycles. The lowest BCUT2D eigenvalue weighted by Gasteiger charge is -2.07. The van der Waals surface area contributed by atoms with Crippen molar-refractivity contribution in [3.63, 3.8) is 0 Å². The van der Waals surface area contributed by atoms with Crippen LogP contribution in [0.2, 0.25) is 0 Å². The standard InChI is InChI=1S/C14H16BrF2N5O2/c1-24-7-21-5-9(4-18-21)19-10(23)6-22-13(8-2-3-8)11(15)12(20-22)14(16)17/h4-5,8,14H,2-3,6-7H2,1H3,(H,19,23). The van der Waals surface area contributed by atoms with E-state index >= 15 is 0 Å². The smallest absolute Gasteiger partial charge is 0.283 e. The predicted molar refractivity (Wildman–Crippen MR) is 84.7 cm³/mol. The molecule has 1 amide bonds. The van der Waals surface area contributed by atoms with E-state index in [4.69, 9.17) is 4.74 Å². The minimum Gasteiger partial charge on any atom is -0.362 e. The first-order valence-electron chi connectivity index (χ1n) is 7.35. The Balaban J connectivity index is 1.72. The molecule has 2 heterocycles. The lowest BCUT2D eigenvalue weighted by Crippen LogP contribution is -2.20. The highest BCUT2D eigenvalue weighted by Crippen LogP contribution is 2.45. The number of rotatable bonds is 7. The number of methoxy groups -OCH3 is 1. The molecule has 1 fully saturated rings. The maximum absolute atomic E-state index is 13.0. The molecule has 0 bridgehead atoms. The molecule has 0 spiro atoms. The number of anilines is 1. The van der Waals surface area contributed by atoms with Crippen LogP contribution in [0.4, 0.5) is 14.5 Å². The lowest BCUT2D eigenvalue weighted by molar-refractivity contribution is -0.117. The molecule has 0 radical (unpaired) electrons. The molecule has 0 atom stereocenters. The van der Waals surface area contributed by atoms with E-state index in [-0.39, 0.29) is 30.8 Å². The summed E-state index contributed by atoms with van der Waals surface area (Å²) in [7, 11) is 1.54. The van der Waals surface area contributed by atoms with E-state index in [1.54, 1.807) is 6.20 Å². The average molecular weight is 404 g/mol. The SMILES string of the molecule is COCn1cc(NC(=O)Cn2nc(C(F)F)c(Br)c2C2CC2)cn1. The van der Waals surface area contributed by atoms with Gasteiger partial charge in [0, 0.05) is 13.0 Å². The number of hydrogen-bond acceptors (Lipinski definition) is 4. The second-order valence-corrected chi connectivity index (χ2v) is 6.34. The molecular formula is C14H16BrF2N5O2. The Labute approximate surface area is 145 Å². The number of hydrogen-bond donors (Lipinski definition) is 1. The number of nitrogens with one attached hydrogen (secondary N) is 1. The van der Waals surface area contributed by atoms with Crippen LogP contribution >= 0.6 is 15.9 Å². The molecule has 0 aliphatic heterocycles. The van der Waals surface area contributed by atoms with Crippen LogP contribution < -0.4 is 5.32 Å². The van der Waals surface area contributed by atoms with Crippen molar-refractivity contribution in [1.82, 2.24) is 19.6 Å². The fourth-order valence-corrected chi connectivity index (χ4v) is 3.23. The highest BCUT2D eigenvalue weighted by atomic mass is 79.9. The van der Waals surface area contributed by atoms with Crippen molar-refractivity contribution < 1.29 is 18.3 Å². The van der Waals surface area contributed by atoms with Gasteiger partial charge in [0.25, 0.3) is 6.43 Å². The van der Waals surface area contributed by atoms with Crippen molar-refractivity contribution in [2.24, 2.45) is 0 Å². The number of alkyl halides is 2. The van der Waals surface area contributed by atoms with Crippen molar-refractivity contribution in [3.05, 3.63) is 28.3 Å². The second kappa shape index (κ2) is 6.98. The van der Waals surface area contributed by atoms with E-state index in [1.165, 1.54) is 22.7 Å². The van der Waals surface area contributed by atoms with Gasteiger partial charge < -0.3 is 10.1 Å². The van der Waals surface area contributed by atoms with E-state index in [0.717, 1.165) is 12.8 Å². The summed E-state index contributed by atoms with van der Waals surface area (Å²) in [5.41, 5.74) is 0.846. The van der Waals surface area contributed by atoms with Crippen molar-refractivity contribution >= 4 is 27.5 Å². The third-order valence-corrected chi connectivity index (χ3v) is 4.41. The van der Waals surface area contributed by atoms with Crippen LogP contribution in [0.15, 0.2) is 16.9 Å². The Morgan fingerprint density at radius 3 is 2.92 bits per heavy atom. The fourth-order valence-electron chi connectivity index (χ4n) is 2.45. The summed E-state index contributed by atoms with van der Waals surface area (Å²) in [6, 6.07) is 0. The van der Waals surface area contributed by atoms with Crippen LogP contribution in [0.3, 0.4) is 0 Å². The Hall–Kier alpha value is -1.81. The van der Waals surface area contributed by atoms with Crippen molar-refractivity contribution in [2.75, 3.05) is 12.4 Å². The Kier molecular flexibility index (Phi) is 4.95. The molecule has 3 rings (SSSR count). The molecule has 1 aliphatic rings. The summed E-state index contributed by atoms with van der Waals surface area (Å²) in [4.78, 5) is 12.2. The van der Waals surface area contributed by atoms with Crippen LogP contribution in [0.25, 0.3) is 0 Å². The summed E-state index contributed by atoms with van der Waals surface area (Å²) in [6.07, 6.45) is 2.25. The maximum Gasteiger partial charge on any atom is 0.283 e. The molecule has 130 valence electrons. The van der Waals surface area contributed by atoms with Gasteiger partial charge >= 0.3 is 0 Å². The largest absolute Gasteiger partial charge is 0.362 e. The van der Waals surface area contributed by atoms with Gasteiger partial charge in [0.2, 0.25) is 5.91 Å². The van der Waals surface area contributed by atoms with E-state index < -0.39 is 6.43 Å². The zero-order valence-corrected chi connectivity index (χ0v) is 14.5. The summed E-state index contributed by atoms with van der Waals surface area (Å²) in [5.74, 6) is -0.179. The molecule has 2 aromatic rings. The van der Waals surface area contributed by atoms with Gasteiger partial charge in [0.15, 0.2) is 0 Å². The second-order valence-electron chi connectivity index (χ2n) is 5.55. The van der Waals surface area contributed by atoms with Gasteiger partial charge in [0.1, 0.15) is 19.0 Å². The third kappa shape index (κ3) is 3.64. The van der Waals surface area contributed by atoms with Gasteiger partial charge in [-0.2, -0.15) is 10.2 Å². The van der Waals surface area contributed by atoms with Crippen molar-refractivity contribution in [1.29, 1.82) is 0 Å². The number of amides is 1. The van der Waals surface area contributed by atoms with Crippen LogP contribution in [-0.2, 0) is 22.8 Å². The summed E-state index contributed by atoms with van der Waals surface area (Å²) >= 11 is 3.20. The van der Waals surface area contributed by atoms with E-state index in [0.29, 0.717) is 15.9 Å². The Morgan fingerprint density at radius 2 is 2.29 bits per heavy atom. The molecule has 0 saturated heterocycles. The molecule has 1 saturated carbocycles. The maximum atomic E-state index is 13.0. The Bertz CT molecular complexity index is 742. The molecular weight excluding hydrogens is 388 g/mol. The zero-order chi connectivity index (χ0) is 17.3. The number of nitrogens with zero attached hydrogens (tertiary/aromatic N) is 4. The topological polar surface area (TPSA) is 74.0 Å². The minimum atomic E-state index is -2.69. The molecule has 2 aromatic heterocycles. The van der Waals surface area contributed by atoms with Crippen LogP contribution in [-0.4, -0.2) is 32.6 Å². The van der Waals surface area contributed by atoms with Crippen molar-refractivity contribution in [2.45, 2.75) is 38.5 Å². The number of carbonyl (C=O) groups excluding carboxylic acids is 1. The van der Waals surface area contributed by atoms with Gasteiger partial charge in [-0.05, 0) is 28.8 Å². The number of carbonyl (C=O) groups is 1. The normalized spacial score (nSPS) is 14.4. The van der Waals surface area contributed by atoms with E-state index in [2.05, 4.69) is 31.4 Å². The van der Waals surface area contributed by atoms with Crippen LogP contribution in [0.1, 0.15) is 36.6 Å². The van der Waals surface area contributed by atoms with Gasteiger partial charge in [0.05, 0.1) is 28.2 Å². The van der Waals surface area contributed by atoms with E-state index in [9.17, 15) is 13.6 Å². The fraction of sp³-hybridized carbons (Fsp3) is 0.500. The summed E-state index contributed by atoms with van der Waals surface area (Å²) < 4.78 is 34.2. The number of ether oxygens (including phenoxy) is 1. The van der Waals surface area contributed by atoms with Gasteiger partial charge in [-0.1, -0.05) is 0 Å². The molecule has 7 nitrogen and oxygen atoms in total. The quantitative estimate of drug-likeness (QED) is 0.771. The highest BCUT2D eigenvalue weighted by molar-refractivity contribution is 9.10. The average Bonchev–Trinajstić information content (AvgIpc) is 3.16.